The summed E-state index contributed by atoms with van der Waals surface area (Å²) in [6.45, 7) is 13.7. The van der Waals surface area contributed by atoms with Gasteiger partial charge in [-0.1, -0.05) is 102 Å². The summed E-state index contributed by atoms with van der Waals surface area (Å²) in [5.41, 5.74) is 4.46. The summed E-state index contributed by atoms with van der Waals surface area (Å²) in [4.78, 5) is 13.1. The van der Waals surface area contributed by atoms with Gasteiger partial charge in [-0.25, -0.2) is 4.79 Å². The van der Waals surface area contributed by atoms with Gasteiger partial charge in [-0.2, -0.15) is 0 Å². The lowest BCUT2D eigenvalue weighted by Crippen LogP contribution is -2.33. The van der Waals surface area contributed by atoms with Crippen molar-refractivity contribution in [3.05, 3.63) is 63.5 Å². The zero-order valence-corrected chi connectivity index (χ0v) is 22.9. The molecule has 3 rings (SSSR count). The summed E-state index contributed by atoms with van der Waals surface area (Å²) in [6, 6.07) is 14.5. The molecule has 0 bridgehead atoms. The van der Waals surface area contributed by atoms with Crippen LogP contribution in [0.4, 0.5) is 10.5 Å². The highest BCUT2D eigenvalue weighted by molar-refractivity contribution is 7.23. The van der Waals surface area contributed by atoms with Crippen molar-refractivity contribution in [3.63, 3.8) is 0 Å². The molecule has 1 unspecified atom stereocenters. The molecule has 1 heterocycles. The summed E-state index contributed by atoms with van der Waals surface area (Å²) in [5.74, 6) is 1.49. The first-order chi connectivity index (χ1) is 16.2. The first kappa shape index (κ1) is 26.6. The van der Waals surface area contributed by atoms with Gasteiger partial charge in [0.05, 0.1) is 4.34 Å². The molecule has 0 aliphatic heterocycles. The maximum atomic E-state index is 13.1. The van der Waals surface area contributed by atoms with Gasteiger partial charge in [0.15, 0.2) is 0 Å². The van der Waals surface area contributed by atoms with Crippen LogP contribution >= 0.6 is 22.9 Å². The first-order valence-electron chi connectivity index (χ1n) is 12.5. The van der Waals surface area contributed by atoms with Crippen molar-refractivity contribution in [1.82, 2.24) is 5.32 Å². The quantitative estimate of drug-likeness (QED) is 0.287. The fourth-order valence-electron chi connectivity index (χ4n) is 4.61. The maximum absolute atomic E-state index is 13.1. The Kier molecular flexibility index (Phi) is 9.44. The third-order valence-corrected chi connectivity index (χ3v) is 7.86. The Morgan fingerprint density at radius 1 is 0.912 bits per heavy atom. The summed E-state index contributed by atoms with van der Waals surface area (Å²) >= 11 is 8.38. The van der Waals surface area contributed by atoms with Gasteiger partial charge in [-0.05, 0) is 52.3 Å². The zero-order chi connectivity index (χ0) is 24.8. The monoisotopic (exact) mass is 498 g/mol. The summed E-state index contributed by atoms with van der Waals surface area (Å²) in [5, 5.41) is 7.58. The lowest BCUT2D eigenvalue weighted by molar-refractivity contribution is 0.251. The minimum atomic E-state index is -0.153. The molecule has 1 atom stereocenters. The van der Waals surface area contributed by atoms with Gasteiger partial charge in [0.25, 0.3) is 0 Å². The zero-order valence-electron chi connectivity index (χ0n) is 21.4. The Bertz CT molecular complexity index is 1080. The molecule has 2 N–H and O–H groups in total. The van der Waals surface area contributed by atoms with Crippen LogP contribution in [0.5, 0.6) is 0 Å². The minimum Gasteiger partial charge on any atom is -0.337 e. The fraction of sp³-hybridized carbons (Fsp3) is 0.483. The number of carbonyl (C=O) groups is 1. The van der Waals surface area contributed by atoms with Gasteiger partial charge < -0.3 is 10.6 Å². The molecule has 2 amide bonds. The topological polar surface area (TPSA) is 41.1 Å². The number of benzene rings is 2. The maximum Gasteiger partial charge on any atom is 0.319 e. The number of urea groups is 1. The molecule has 5 heteroatoms. The molecular weight excluding hydrogens is 460 g/mol. The van der Waals surface area contributed by atoms with Crippen molar-refractivity contribution < 1.29 is 4.79 Å². The Balaban J connectivity index is 1.81. The minimum absolute atomic E-state index is 0.153. The highest BCUT2D eigenvalue weighted by Crippen LogP contribution is 2.41. The molecule has 0 spiro atoms. The lowest BCUT2D eigenvalue weighted by atomic mass is 9.91. The van der Waals surface area contributed by atoms with E-state index in [1.54, 1.807) is 11.3 Å². The van der Waals surface area contributed by atoms with Crippen LogP contribution in [-0.4, -0.2) is 12.6 Å². The van der Waals surface area contributed by atoms with Gasteiger partial charge in [-0.15, -0.1) is 11.3 Å². The highest BCUT2D eigenvalue weighted by atomic mass is 35.5. The Labute approximate surface area is 214 Å². The highest BCUT2D eigenvalue weighted by Gasteiger charge is 2.22. The smallest absolute Gasteiger partial charge is 0.319 e. The van der Waals surface area contributed by atoms with Crippen molar-refractivity contribution >= 4 is 44.7 Å². The third kappa shape index (κ3) is 6.55. The van der Waals surface area contributed by atoms with Crippen LogP contribution in [0.25, 0.3) is 10.1 Å². The van der Waals surface area contributed by atoms with Crippen LogP contribution in [-0.2, 0) is 0 Å². The average Bonchev–Trinajstić information content (AvgIpc) is 3.11. The average molecular weight is 499 g/mol. The number of amides is 2. The number of para-hydroxylation sites is 1. The fourth-order valence-corrected chi connectivity index (χ4v) is 6.13. The van der Waals surface area contributed by atoms with Crippen molar-refractivity contribution in [1.29, 1.82) is 0 Å². The molecule has 1 aromatic heterocycles. The molecule has 0 saturated heterocycles. The Morgan fingerprint density at radius 3 is 2.18 bits per heavy atom. The van der Waals surface area contributed by atoms with Crippen molar-refractivity contribution in [2.75, 3.05) is 11.9 Å². The Hall–Kier alpha value is -2.04. The predicted molar refractivity (Wildman–Crippen MR) is 150 cm³/mol. The van der Waals surface area contributed by atoms with Crippen LogP contribution in [0.3, 0.4) is 0 Å². The van der Waals surface area contributed by atoms with Gasteiger partial charge in [0.2, 0.25) is 0 Å². The van der Waals surface area contributed by atoms with E-state index in [4.69, 9.17) is 11.6 Å². The largest absolute Gasteiger partial charge is 0.337 e. The standard InChI is InChI=1S/C29H39ClN2OS/c1-18(2)11-9-12-21(26-24-13-7-8-16-25(24)34-28(26)30)17-31-29(33)32-27-22(19(3)4)14-10-15-23(27)20(5)6/h7-8,10,13-16,18-21H,9,11-12,17H2,1-6H3,(H2,31,32,33). The molecule has 2 aromatic carbocycles. The van der Waals surface area contributed by atoms with E-state index in [1.165, 1.54) is 33.2 Å². The van der Waals surface area contributed by atoms with Crippen molar-refractivity contribution in [3.8, 4) is 0 Å². The predicted octanol–water partition coefficient (Wildman–Crippen LogP) is 9.53. The van der Waals surface area contributed by atoms with Crippen LogP contribution < -0.4 is 10.6 Å². The van der Waals surface area contributed by atoms with Crippen molar-refractivity contribution in [2.45, 2.75) is 78.6 Å². The van der Waals surface area contributed by atoms with E-state index in [2.05, 4.69) is 94.6 Å². The van der Waals surface area contributed by atoms with Gasteiger partial charge in [-0.3, -0.25) is 0 Å². The van der Waals surface area contributed by atoms with E-state index in [0.29, 0.717) is 24.3 Å². The van der Waals surface area contributed by atoms with Crippen LogP contribution in [0, 0.1) is 5.92 Å². The SMILES string of the molecule is CC(C)CCCC(CNC(=O)Nc1c(C(C)C)cccc1C(C)C)c1c(Cl)sc2ccccc12. The van der Waals surface area contributed by atoms with Crippen molar-refractivity contribution in [2.24, 2.45) is 5.92 Å². The number of anilines is 1. The lowest BCUT2D eigenvalue weighted by Gasteiger charge is -2.22. The van der Waals surface area contributed by atoms with Crippen LogP contribution in [0.2, 0.25) is 4.34 Å². The number of nitrogens with one attached hydrogen (secondary N) is 2. The number of thiophene rings is 1. The molecular formula is C29H39ClN2OS. The molecule has 0 fully saturated rings. The molecule has 0 saturated carbocycles. The number of hydrogen-bond donors (Lipinski definition) is 2. The second-order valence-corrected chi connectivity index (χ2v) is 11.9. The molecule has 0 radical (unpaired) electrons. The van der Waals surface area contributed by atoms with Gasteiger partial charge >= 0.3 is 6.03 Å². The van der Waals surface area contributed by atoms with Crippen LogP contribution in [0.15, 0.2) is 42.5 Å². The van der Waals surface area contributed by atoms with Crippen LogP contribution in [0.1, 0.15) is 95.2 Å². The van der Waals surface area contributed by atoms with E-state index in [-0.39, 0.29) is 11.9 Å². The van der Waals surface area contributed by atoms with E-state index >= 15 is 0 Å². The number of hydrogen-bond acceptors (Lipinski definition) is 2. The number of fused-ring (bicyclic) bond motifs is 1. The normalized spacial score (nSPS) is 12.6. The van der Waals surface area contributed by atoms with E-state index in [9.17, 15) is 4.79 Å². The van der Waals surface area contributed by atoms with E-state index in [0.717, 1.165) is 22.9 Å². The molecule has 34 heavy (non-hydrogen) atoms. The summed E-state index contributed by atoms with van der Waals surface area (Å²) in [7, 11) is 0. The number of rotatable bonds is 10. The van der Waals surface area contributed by atoms with E-state index in [1.807, 2.05) is 0 Å². The molecule has 0 aliphatic rings. The number of carbonyl (C=O) groups excluding carboxylic acids is 1. The molecule has 3 nitrogen and oxygen atoms in total. The Morgan fingerprint density at radius 2 is 1.56 bits per heavy atom. The number of halogens is 1. The molecule has 3 aromatic rings. The van der Waals surface area contributed by atoms with E-state index < -0.39 is 0 Å². The summed E-state index contributed by atoms with van der Waals surface area (Å²) < 4.78 is 2.04. The van der Waals surface area contributed by atoms with Gasteiger partial charge in [0.1, 0.15) is 0 Å². The second-order valence-electron chi connectivity index (χ2n) is 10.3. The van der Waals surface area contributed by atoms with Gasteiger partial charge in [0, 0.05) is 22.8 Å². The molecule has 184 valence electrons. The molecule has 0 aliphatic carbocycles. The third-order valence-electron chi connectivity index (χ3n) is 6.45. The first-order valence-corrected chi connectivity index (χ1v) is 13.7. The second kappa shape index (κ2) is 12.1. The summed E-state index contributed by atoms with van der Waals surface area (Å²) in [6.07, 6.45) is 3.28.